The van der Waals surface area contributed by atoms with Crippen LogP contribution in [0.2, 0.25) is 0 Å². The molecule has 0 aromatic heterocycles. The predicted octanol–water partition coefficient (Wildman–Crippen LogP) is 0.910. The molecule has 0 bridgehead atoms. The molecule has 0 saturated carbocycles. The van der Waals surface area contributed by atoms with Gasteiger partial charge in [0.2, 0.25) is 0 Å². The van der Waals surface area contributed by atoms with Crippen LogP contribution in [-0.4, -0.2) is 52.9 Å². The van der Waals surface area contributed by atoms with Crippen molar-refractivity contribution in [3.05, 3.63) is 35.9 Å². The summed E-state index contributed by atoms with van der Waals surface area (Å²) >= 11 is 1.37. The van der Waals surface area contributed by atoms with Gasteiger partial charge in [-0.05, 0) is 6.26 Å². The van der Waals surface area contributed by atoms with Gasteiger partial charge in [-0.25, -0.2) is 0 Å². The highest BCUT2D eigenvalue weighted by Crippen LogP contribution is 2.35. The van der Waals surface area contributed by atoms with Gasteiger partial charge in [0, 0.05) is 5.56 Å². The number of fused-ring (bicyclic) bond motifs is 1. The van der Waals surface area contributed by atoms with Crippen LogP contribution in [0.5, 0.6) is 0 Å². The third kappa shape index (κ3) is 2.59. The Morgan fingerprint density at radius 1 is 1.10 bits per heavy atom. The SMILES string of the molecule is CS[C@@H]1OC2COC(c3ccccc3)O[C@@H]2C(O)C1O. The number of aliphatic hydroxyl groups is 2. The Hall–Kier alpha value is -0.630. The number of ether oxygens (including phenoxy) is 3. The number of aliphatic hydroxyl groups excluding tert-OH is 2. The van der Waals surface area contributed by atoms with Crippen LogP contribution in [0.3, 0.4) is 0 Å². The molecular weight excluding hydrogens is 280 g/mol. The highest BCUT2D eigenvalue weighted by Gasteiger charge is 2.48. The average molecular weight is 298 g/mol. The molecule has 110 valence electrons. The van der Waals surface area contributed by atoms with Crippen molar-refractivity contribution in [1.82, 2.24) is 0 Å². The first kappa shape index (κ1) is 14.3. The molecule has 1 aromatic carbocycles. The van der Waals surface area contributed by atoms with Crippen LogP contribution in [0.25, 0.3) is 0 Å². The molecule has 2 fully saturated rings. The van der Waals surface area contributed by atoms with Crippen LogP contribution in [0.1, 0.15) is 11.9 Å². The van der Waals surface area contributed by atoms with Crippen LogP contribution in [0, 0.1) is 0 Å². The van der Waals surface area contributed by atoms with E-state index in [1.54, 1.807) is 0 Å². The molecule has 4 unspecified atom stereocenters. The topological polar surface area (TPSA) is 68.2 Å². The van der Waals surface area contributed by atoms with Crippen molar-refractivity contribution in [2.75, 3.05) is 12.9 Å². The van der Waals surface area contributed by atoms with E-state index in [9.17, 15) is 10.2 Å². The zero-order valence-corrected chi connectivity index (χ0v) is 11.9. The van der Waals surface area contributed by atoms with Crippen LogP contribution in [0.4, 0.5) is 0 Å². The first-order valence-corrected chi connectivity index (χ1v) is 7.86. The van der Waals surface area contributed by atoms with Crippen molar-refractivity contribution in [3.8, 4) is 0 Å². The van der Waals surface area contributed by atoms with Gasteiger partial charge in [-0.3, -0.25) is 0 Å². The van der Waals surface area contributed by atoms with Gasteiger partial charge in [0.25, 0.3) is 0 Å². The van der Waals surface area contributed by atoms with E-state index >= 15 is 0 Å². The van der Waals surface area contributed by atoms with Crippen molar-refractivity contribution in [1.29, 1.82) is 0 Å². The maximum atomic E-state index is 10.2. The molecule has 2 saturated heterocycles. The van der Waals surface area contributed by atoms with Gasteiger partial charge >= 0.3 is 0 Å². The lowest BCUT2D eigenvalue weighted by atomic mass is 9.99. The fourth-order valence-corrected chi connectivity index (χ4v) is 3.25. The van der Waals surface area contributed by atoms with E-state index in [0.29, 0.717) is 6.61 Å². The minimum Gasteiger partial charge on any atom is -0.387 e. The van der Waals surface area contributed by atoms with Gasteiger partial charge in [-0.1, -0.05) is 30.3 Å². The summed E-state index contributed by atoms with van der Waals surface area (Å²) in [4.78, 5) is 0. The molecule has 6 heteroatoms. The molecule has 3 rings (SSSR count). The maximum Gasteiger partial charge on any atom is 0.184 e. The second-order valence-corrected chi connectivity index (χ2v) is 5.87. The summed E-state index contributed by atoms with van der Waals surface area (Å²) in [6.07, 6.45) is -1.56. The van der Waals surface area contributed by atoms with E-state index in [2.05, 4.69) is 0 Å². The summed E-state index contributed by atoms with van der Waals surface area (Å²) in [7, 11) is 0. The summed E-state index contributed by atoms with van der Waals surface area (Å²) < 4.78 is 17.2. The molecule has 2 heterocycles. The molecule has 0 aliphatic carbocycles. The Labute approximate surface area is 121 Å². The van der Waals surface area contributed by atoms with E-state index < -0.39 is 30.0 Å². The van der Waals surface area contributed by atoms with Crippen LogP contribution >= 0.6 is 11.8 Å². The predicted molar refractivity (Wildman–Crippen MR) is 74.2 cm³/mol. The molecule has 2 aliphatic heterocycles. The molecule has 2 aliphatic rings. The number of rotatable bonds is 2. The maximum absolute atomic E-state index is 10.2. The number of thioether (sulfide) groups is 1. The molecule has 1 aromatic rings. The lowest BCUT2D eigenvalue weighted by Crippen LogP contribution is -2.60. The summed E-state index contributed by atoms with van der Waals surface area (Å²) in [5.74, 6) is 0. The Bertz CT molecular complexity index is 440. The summed E-state index contributed by atoms with van der Waals surface area (Å²) in [6.45, 7) is 0.338. The van der Waals surface area contributed by atoms with Gasteiger partial charge in [-0.15, -0.1) is 11.8 Å². The standard InChI is InChI=1S/C14H18O5S/c1-20-14-11(16)10(15)12-9(18-14)7-17-13(19-12)8-5-3-2-4-6-8/h2-6,9-16H,7H2,1H3/t9?,10?,11?,12-,13?,14-/m0/s1. The monoisotopic (exact) mass is 298 g/mol. The largest absolute Gasteiger partial charge is 0.387 e. The van der Waals surface area contributed by atoms with Crippen molar-refractivity contribution in [2.45, 2.75) is 36.1 Å². The van der Waals surface area contributed by atoms with Gasteiger partial charge < -0.3 is 24.4 Å². The first-order valence-electron chi connectivity index (χ1n) is 6.57. The van der Waals surface area contributed by atoms with Gasteiger partial charge in [-0.2, -0.15) is 0 Å². The quantitative estimate of drug-likeness (QED) is 0.846. The highest BCUT2D eigenvalue weighted by atomic mass is 32.2. The third-order valence-electron chi connectivity index (χ3n) is 3.64. The highest BCUT2D eigenvalue weighted by molar-refractivity contribution is 7.99. The van der Waals surface area contributed by atoms with Crippen LogP contribution < -0.4 is 0 Å². The minimum atomic E-state index is -0.971. The van der Waals surface area contributed by atoms with Crippen molar-refractivity contribution in [3.63, 3.8) is 0 Å². The number of hydrogen-bond acceptors (Lipinski definition) is 6. The first-order chi connectivity index (χ1) is 9.70. The number of hydrogen-bond donors (Lipinski definition) is 2. The fourth-order valence-electron chi connectivity index (χ4n) is 2.55. The van der Waals surface area contributed by atoms with E-state index in [1.165, 1.54) is 11.8 Å². The van der Waals surface area contributed by atoms with Crippen LogP contribution in [-0.2, 0) is 14.2 Å². The Balaban J connectivity index is 1.74. The molecule has 20 heavy (non-hydrogen) atoms. The second kappa shape index (κ2) is 6.01. The zero-order valence-electron chi connectivity index (χ0n) is 11.1. The van der Waals surface area contributed by atoms with Gasteiger partial charge in [0.05, 0.1) is 6.61 Å². The average Bonchev–Trinajstić information content (AvgIpc) is 2.51. The molecule has 0 amide bonds. The van der Waals surface area contributed by atoms with E-state index in [0.717, 1.165) is 5.56 Å². The Kier molecular flexibility index (Phi) is 4.30. The Morgan fingerprint density at radius 3 is 2.55 bits per heavy atom. The summed E-state index contributed by atoms with van der Waals surface area (Å²) in [5, 5.41) is 20.2. The molecular formula is C14H18O5S. The molecule has 6 atom stereocenters. The second-order valence-electron chi connectivity index (χ2n) is 4.94. The molecule has 2 N–H and O–H groups in total. The van der Waals surface area contributed by atoms with E-state index in [4.69, 9.17) is 14.2 Å². The van der Waals surface area contributed by atoms with Gasteiger partial charge in [0.15, 0.2) is 6.29 Å². The smallest absolute Gasteiger partial charge is 0.184 e. The minimum absolute atomic E-state index is 0.338. The summed E-state index contributed by atoms with van der Waals surface area (Å²) in [6, 6.07) is 9.53. The molecule has 0 spiro atoms. The van der Waals surface area contributed by atoms with Gasteiger partial charge in [0.1, 0.15) is 29.9 Å². The Morgan fingerprint density at radius 2 is 1.85 bits per heavy atom. The van der Waals surface area contributed by atoms with Crippen molar-refractivity contribution in [2.24, 2.45) is 0 Å². The number of benzene rings is 1. The van der Waals surface area contributed by atoms with Crippen LogP contribution in [0.15, 0.2) is 30.3 Å². The lowest BCUT2D eigenvalue weighted by Gasteiger charge is -2.46. The van der Waals surface area contributed by atoms with E-state index in [-0.39, 0.29) is 6.10 Å². The van der Waals surface area contributed by atoms with Crippen molar-refractivity contribution < 1.29 is 24.4 Å². The molecule has 5 nitrogen and oxygen atoms in total. The summed E-state index contributed by atoms with van der Waals surface area (Å²) in [5.41, 5.74) is 0.436. The molecule has 0 radical (unpaired) electrons. The zero-order chi connectivity index (χ0) is 14.1. The third-order valence-corrected chi connectivity index (χ3v) is 4.49. The fraction of sp³-hybridized carbons (Fsp3) is 0.571. The van der Waals surface area contributed by atoms with Crippen molar-refractivity contribution >= 4 is 11.8 Å². The van der Waals surface area contributed by atoms with E-state index in [1.807, 2.05) is 36.6 Å². The normalized spacial score (nSPS) is 41.1. The lowest BCUT2D eigenvalue weighted by molar-refractivity contribution is -0.318.